The summed E-state index contributed by atoms with van der Waals surface area (Å²) in [6.07, 6.45) is 1.62. The average molecular weight is 303 g/mol. The van der Waals surface area contributed by atoms with Gasteiger partial charge in [-0.05, 0) is 23.6 Å². The Hall–Kier alpha value is -1.88. The fourth-order valence-corrected chi connectivity index (χ4v) is 2.66. The summed E-state index contributed by atoms with van der Waals surface area (Å²) in [6.45, 7) is 9.09. The Kier molecular flexibility index (Phi) is 5.95. The highest BCUT2D eigenvalue weighted by atomic mass is 16.6. The summed E-state index contributed by atoms with van der Waals surface area (Å²) in [5.41, 5.74) is 1.65. The summed E-state index contributed by atoms with van der Waals surface area (Å²) in [6, 6.07) is 7.45. The Labute approximate surface area is 132 Å². The molecule has 1 aromatic rings. The molecule has 120 valence electrons. The van der Waals surface area contributed by atoms with Crippen LogP contribution in [0, 0.1) is 5.92 Å². The minimum Gasteiger partial charge on any atom is -0.399 e. The van der Waals surface area contributed by atoms with E-state index in [4.69, 9.17) is 0 Å². The SMILES string of the molecule is CO/N=C/c1ccc(C(=O)N2CCN(CC(C)C)CC2)cc1. The predicted molar refractivity (Wildman–Crippen MR) is 88.2 cm³/mol. The van der Waals surface area contributed by atoms with Crippen molar-refractivity contribution >= 4 is 12.1 Å². The van der Waals surface area contributed by atoms with Gasteiger partial charge in [-0.15, -0.1) is 0 Å². The molecule has 1 aromatic carbocycles. The van der Waals surface area contributed by atoms with Gasteiger partial charge in [0.25, 0.3) is 5.91 Å². The zero-order valence-corrected chi connectivity index (χ0v) is 13.7. The van der Waals surface area contributed by atoms with Crippen LogP contribution in [0.25, 0.3) is 0 Å². The Bertz CT molecular complexity index is 503. The summed E-state index contributed by atoms with van der Waals surface area (Å²) in [4.78, 5) is 21.5. The molecule has 0 atom stereocenters. The van der Waals surface area contributed by atoms with Crippen molar-refractivity contribution in [2.45, 2.75) is 13.8 Å². The molecule has 1 amide bonds. The van der Waals surface area contributed by atoms with Gasteiger partial charge in [0.15, 0.2) is 0 Å². The molecule has 0 saturated carbocycles. The monoisotopic (exact) mass is 303 g/mol. The minimum absolute atomic E-state index is 0.111. The Balaban J connectivity index is 1.91. The number of carbonyl (C=O) groups is 1. The van der Waals surface area contributed by atoms with E-state index in [2.05, 4.69) is 28.7 Å². The standard InChI is InChI=1S/C17H25N3O2/c1-14(2)13-19-8-10-20(11-9-19)17(21)16-6-4-15(5-7-16)12-18-22-3/h4-7,12,14H,8-11,13H2,1-3H3/b18-12+. The molecule has 1 fully saturated rings. The molecule has 0 radical (unpaired) electrons. The Morgan fingerprint density at radius 2 is 1.86 bits per heavy atom. The lowest BCUT2D eigenvalue weighted by Crippen LogP contribution is -2.49. The van der Waals surface area contributed by atoms with E-state index in [0.29, 0.717) is 5.92 Å². The lowest BCUT2D eigenvalue weighted by Gasteiger charge is -2.35. The number of benzene rings is 1. The van der Waals surface area contributed by atoms with Crippen LogP contribution in [0.4, 0.5) is 0 Å². The summed E-state index contributed by atoms with van der Waals surface area (Å²) in [5.74, 6) is 0.781. The number of hydrogen-bond acceptors (Lipinski definition) is 4. The van der Waals surface area contributed by atoms with Gasteiger partial charge < -0.3 is 9.74 Å². The lowest BCUT2D eigenvalue weighted by molar-refractivity contribution is 0.0624. The third kappa shape index (κ3) is 4.56. The Morgan fingerprint density at radius 1 is 1.23 bits per heavy atom. The van der Waals surface area contributed by atoms with Crippen LogP contribution in [0.1, 0.15) is 29.8 Å². The zero-order valence-electron chi connectivity index (χ0n) is 13.7. The van der Waals surface area contributed by atoms with Crippen LogP contribution in [-0.4, -0.2) is 61.8 Å². The van der Waals surface area contributed by atoms with Crippen LogP contribution in [0.15, 0.2) is 29.4 Å². The van der Waals surface area contributed by atoms with E-state index in [1.807, 2.05) is 29.2 Å². The maximum atomic E-state index is 12.5. The first kappa shape index (κ1) is 16.5. The van der Waals surface area contributed by atoms with Crippen molar-refractivity contribution in [3.63, 3.8) is 0 Å². The number of piperazine rings is 1. The molecule has 1 aliphatic heterocycles. The minimum atomic E-state index is 0.111. The molecular weight excluding hydrogens is 278 g/mol. The highest BCUT2D eigenvalue weighted by Crippen LogP contribution is 2.11. The third-order valence-corrected chi connectivity index (χ3v) is 3.75. The molecule has 0 aromatic heterocycles. The van der Waals surface area contributed by atoms with Crippen LogP contribution in [0.3, 0.4) is 0 Å². The van der Waals surface area contributed by atoms with Crippen molar-refractivity contribution in [3.05, 3.63) is 35.4 Å². The Morgan fingerprint density at radius 3 is 2.41 bits per heavy atom. The average Bonchev–Trinajstić information content (AvgIpc) is 2.53. The van der Waals surface area contributed by atoms with Crippen molar-refractivity contribution in [1.29, 1.82) is 0 Å². The van der Waals surface area contributed by atoms with Gasteiger partial charge in [0.2, 0.25) is 0 Å². The van der Waals surface area contributed by atoms with E-state index in [1.54, 1.807) is 6.21 Å². The number of rotatable bonds is 5. The molecule has 0 unspecified atom stereocenters. The molecule has 0 spiro atoms. The van der Waals surface area contributed by atoms with Gasteiger partial charge in [0.05, 0.1) is 6.21 Å². The summed E-state index contributed by atoms with van der Waals surface area (Å²) in [7, 11) is 1.51. The molecule has 0 bridgehead atoms. The molecule has 0 aliphatic carbocycles. The van der Waals surface area contributed by atoms with Crippen LogP contribution in [0.5, 0.6) is 0 Å². The molecule has 5 heteroatoms. The molecule has 1 heterocycles. The second-order valence-corrected chi connectivity index (χ2v) is 6.03. The number of hydrogen-bond donors (Lipinski definition) is 0. The van der Waals surface area contributed by atoms with Crippen molar-refractivity contribution in [2.75, 3.05) is 39.8 Å². The van der Waals surface area contributed by atoms with Crippen molar-refractivity contribution in [2.24, 2.45) is 11.1 Å². The van der Waals surface area contributed by atoms with Gasteiger partial charge in [0.1, 0.15) is 7.11 Å². The van der Waals surface area contributed by atoms with Crippen molar-refractivity contribution in [1.82, 2.24) is 9.80 Å². The number of nitrogens with zero attached hydrogens (tertiary/aromatic N) is 3. The smallest absolute Gasteiger partial charge is 0.253 e. The second kappa shape index (κ2) is 7.94. The van der Waals surface area contributed by atoms with Gasteiger partial charge in [-0.3, -0.25) is 9.69 Å². The molecule has 5 nitrogen and oxygen atoms in total. The van der Waals surface area contributed by atoms with E-state index >= 15 is 0 Å². The first-order valence-corrected chi connectivity index (χ1v) is 7.78. The van der Waals surface area contributed by atoms with Crippen LogP contribution in [-0.2, 0) is 4.84 Å². The van der Waals surface area contributed by atoms with Gasteiger partial charge in [0, 0.05) is 38.3 Å². The second-order valence-electron chi connectivity index (χ2n) is 6.03. The number of carbonyl (C=O) groups excluding carboxylic acids is 1. The van der Waals surface area contributed by atoms with Gasteiger partial charge in [-0.25, -0.2) is 0 Å². The molecule has 22 heavy (non-hydrogen) atoms. The first-order chi connectivity index (χ1) is 10.6. The van der Waals surface area contributed by atoms with Gasteiger partial charge >= 0.3 is 0 Å². The summed E-state index contributed by atoms with van der Waals surface area (Å²) < 4.78 is 0. The number of oxime groups is 1. The first-order valence-electron chi connectivity index (χ1n) is 7.78. The fraction of sp³-hybridized carbons (Fsp3) is 0.529. The maximum absolute atomic E-state index is 12.5. The quantitative estimate of drug-likeness (QED) is 0.618. The molecule has 2 rings (SSSR count). The topological polar surface area (TPSA) is 45.1 Å². The highest BCUT2D eigenvalue weighted by Gasteiger charge is 2.22. The molecule has 1 aliphatic rings. The van der Waals surface area contributed by atoms with Crippen LogP contribution < -0.4 is 0 Å². The lowest BCUT2D eigenvalue weighted by atomic mass is 10.1. The van der Waals surface area contributed by atoms with Crippen LogP contribution >= 0.6 is 0 Å². The third-order valence-electron chi connectivity index (χ3n) is 3.75. The molecule has 0 N–H and O–H groups in total. The molecule has 1 saturated heterocycles. The predicted octanol–water partition coefficient (Wildman–Crippen LogP) is 2.08. The fourth-order valence-electron chi connectivity index (χ4n) is 2.66. The number of amides is 1. The largest absolute Gasteiger partial charge is 0.399 e. The summed E-state index contributed by atoms with van der Waals surface area (Å²) in [5, 5.41) is 3.71. The van der Waals surface area contributed by atoms with E-state index in [-0.39, 0.29) is 5.91 Å². The molecular formula is C17H25N3O2. The van der Waals surface area contributed by atoms with Crippen LogP contribution in [0.2, 0.25) is 0 Å². The highest BCUT2D eigenvalue weighted by molar-refractivity contribution is 5.95. The maximum Gasteiger partial charge on any atom is 0.253 e. The van der Waals surface area contributed by atoms with Gasteiger partial charge in [-0.2, -0.15) is 0 Å². The van der Waals surface area contributed by atoms with E-state index in [1.165, 1.54) is 7.11 Å². The van der Waals surface area contributed by atoms with E-state index in [9.17, 15) is 4.79 Å². The van der Waals surface area contributed by atoms with Gasteiger partial charge in [-0.1, -0.05) is 31.1 Å². The van der Waals surface area contributed by atoms with Crippen molar-refractivity contribution in [3.8, 4) is 0 Å². The summed E-state index contributed by atoms with van der Waals surface area (Å²) >= 11 is 0. The zero-order chi connectivity index (χ0) is 15.9. The van der Waals surface area contributed by atoms with Crippen molar-refractivity contribution < 1.29 is 9.63 Å². The van der Waals surface area contributed by atoms with E-state index in [0.717, 1.165) is 43.9 Å². The normalized spacial score (nSPS) is 16.5. The van der Waals surface area contributed by atoms with E-state index < -0.39 is 0 Å².